The Morgan fingerprint density at radius 2 is 2.00 bits per heavy atom. The zero-order valence-electron chi connectivity index (χ0n) is 13.1. The largest absolute Gasteiger partial charge is 0.435 e. The molecule has 0 spiro atoms. The summed E-state index contributed by atoms with van der Waals surface area (Å²) in [5.41, 5.74) is -1.02. The number of alkyl halides is 3. The summed E-state index contributed by atoms with van der Waals surface area (Å²) in [7, 11) is 0. The van der Waals surface area contributed by atoms with Crippen LogP contribution in [0.3, 0.4) is 0 Å². The SMILES string of the molecule is OCCc1cn(Cc2noc(C3CCCCC3)n2)nc1C(F)(F)F. The van der Waals surface area contributed by atoms with Crippen LogP contribution in [0.25, 0.3) is 0 Å². The van der Waals surface area contributed by atoms with Gasteiger partial charge < -0.3 is 9.63 Å². The van der Waals surface area contributed by atoms with Gasteiger partial charge >= 0.3 is 6.18 Å². The maximum Gasteiger partial charge on any atom is 0.435 e. The molecule has 0 aromatic carbocycles. The van der Waals surface area contributed by atoms with Gasteiger partial charge in [-0.15, -0.1) is 0 Å². The Morgan fingerprint density at radius 3 is 2.67 bits per heavy atom. The highest BCUT2D eigenvalue weighted by Gasteiger charge is 2.37. The minimum atomic E-state index is -4.56. The summed E-state index contributed by atoms with van der Waals surface area (Å²) in [5.74, 6) is 1.11. The second kappa shape index (κ2) is 6.92. The van der Waals surface area contributed by atoms with Crippen molar-refractivity contribution in [1.82, 2.24) is 19.9 Å². The predicted octanol–water partition coefficient (Wildman–Crippen LogP) is 2.92. The van der Waals surface area contributed by atoms with Crippen LogP contribution in [-0.2, 0) is 19.1 Å². The molecule has 6 nitrogen and oxygen atoms in total. The molecule has 9 heteroatoms. The monoisotopic (exact) mass is 344 g/mol. The Balaban J connectivity index is 1.75. The number of hydrogen-bond acceptors (Lipinski definition) is 5. The molecular weight excluding hydrogens is 325 g/mol. The average molecular weight is 344 g/mol. The van der Waals surface area contributed by atoms with E-state index in [1.165, 1.54) is 12.6 Å². The number of nitrogens with zero attached hydrogens (tertiary/aromatic N) is 4. The van der Waals surface area contributed by atoms with Crippen LogP contribution in [0.5, 0.6) is 0 Å². The van der Waals surface area contributed by atoms with E-state index >= 15 is 0 Å². The van der Waals surface area contributed by atoms with E-state index < -0.39 is 11.9 Å². The molecule has 1 saturated carbocycles. The van der Waals surface area contributed by atoms with Crippen LogP contribution >= 0.6 is 0 Å². The van der Waals surface area contributed by atoms with Gasteiger partial charge in [0.1, 0.15) is 6.54 Å². The maximum atomic E-state index is 13.0. The Hall–Kier alpha value is -1.90. The first-order chi connectivity index (χ1) is 11.5. The number of hydrogen-bond donors (Lipinski definition) is 1. The second-order valence-corrected chi connectivity index (χ2v) is 6.06. The lowest BCUT2D eigenvalue weighted by atomic mass is 9.89. The molecule has 0 aliphatic heterocycles. The van der Waals surface area contributed by atoms with Gasteiger partial charge in [-0.2, -0.15) is 23.3 Å². The van der Waals surface area contributed by atoms with Crippen LogP contribution in [0.1, 0.15) is 61.0 Å². The van der Waals surface area contributed by atoms with Gasteiger partial charge in [0, 0.05) is 24.3 Å². The number of aliphatic hydroxyl groups is 1. The molecule has 24 heavy (non-hydrogen) atoms. The van der Waals surface area contributed by atoms with Crippen molar-refractivity contribution in [3.8, 4) is 0 Å². The summed E-state index contributed by atoms with van der Waals surface area (Å²) in [4.78, 5) is 4.31. The molecule has 0 atom stereocenters. The summed E-state index contributed by atoms with van der Waals surface area (Å²) < 4.78 is 45.3. The highest BCUT2D eigenvalue weighted by molar-refractivity contribution is 5.20. The quantitative estimate of drug-likeness (QED) is 0.902. The molecule has 0 amide bonds. The first-order valence-electron chi connectivity index (χ1n) is 8.04. The Bertz CT molecular complexity index is 675. The van der Waals surface area contributed by atoms with Crippen LogP contribution in [0.15, 0.2) is 10.7 Å². The molecule has 1 aliphatic rings. The fourth-order valence-corrected chi connectivity index (χ4v) is 3.08. The van der Waals surface area contributed by atoms with Crippen LogP contribution in [0.4, 0.5) is 13.2 Å². The van der Waals surface area contributed by atoms with Gasteiger partial charge in [-0.25, -0.2) is 0 Å². The first-order valence-corrected chi connectivity index (χ1v) is 8.04. The third kappa shape index (κ3) is 3.77. The van der Waals surface area contributed by atoms with E-state index in [-0.39, 0.29) is 31.1 Å². The average Bonchev–Trinajstić information content (AvgIpc) is 3.16. The standard InChI is InChI=1S/C15H19F3N4O2/c16-15(17,18)13-11(6-7-23)8-22(20-13)9-12-19-14(24-21-12)10-4-2-1-3-5-10/h8,10,23H,1-7,9H2. The maximum absolute atomic E-state index is 13.0. The highest BCUT2D eigenvalue weighted by atomic mass is 19.4. The van der Waals surface area contributed by atoms with E-state index in [0.29, 0.717) is 11.7 Å². The van der Waals surface area contributed by atoms with Crippen molar-refractivity contribution < 1.29 is 22.8 Å². The lowest BCUT2D eigenvalue weighted by Gasteiger charge is -2.17. The van der Waals surface area contributed by atoms with Crippen molar-refractivity contribution in [3.63, 3.8) is 0 Å². The molecule has 0 unspecified atom stereocenters. The minimum absolute atomic E-state index is 0.00469. The van der Waals surface area contributed by atoms with Gasteiger partial charge in [0.2, 0.25) is 5.89 Å². The summed E-state index contributed by atoms with van der Waals surface area (Å²) in [6, 6.07) is 0. The molecule has 1 fully saturated rings. The van der Waals surface area contributed by atoms with Crippen LogP contribution in [0.2, 0.25) is 0 Å². The summed E-state index contributed by atoms with van der Waals surface area (Å²) >= 11 is 0. The van der Waals surface area contributed by atoms with Crippen molar-refractivity contribution in [1.29, 1.82) is 0 Å². The minimum Gasteiger partial charge on any atom is -0.396 e. The number of aliphatic hydroxyl groups excluding tert-OH is 1. The fraction of sp³-hybridized carbons (Fsp3) is 0.667. The van der Waals surface area contributed by atoms with Crippen LogP contribution in [-0.4, -0.2) is 31.6 Å². The molecule has 0 saturated heterocycles. The normalized spacial score (nSPS) is 16.7. The fourth-order valence-electron chi connectivity index (χ4n) is 3.08. The number of halogens is 3. The smallest absolute Gasteiger partial charge is 0.396 e. The van der Waals surface area contributed by atoms with Gasteiger partial charge in [-0.3, -0.25) is 4.68 Å². The zero-order valence-corrected chi connectivity index (χ0v) is 13.1. The lowest BCUT2D eigenvalue weighted by Crippen LogP contribution is -2.11. The van der Waals surface area contributed by atoms with Crippen molar-refractivity contribution in [2.45, 2.75) is 57.2 Å². The first kappa shape index (κ1) is 16.9. The van der Waals surface area contributed by atoms with Gasteiger partial charge in [0.25, 0.3) is 0 Å². The van der Waals surface area contributed by atoms with E-state index in [1.807, 2.05) is 0 Å². The molecule has 2 aromatic heterocycles. The van der Waals surface area contributed by atoms with E-state index in [2.05, 4.69) is 15.2 Å². The third-order valence-electron chi connectivity index (χ3n) is 4.23. The molecule has 0 radical (unpaired) electrons. The Kier molecular flexibility index (Phi) is 4.88. The topological polar surface area (TPSA) is 77.0 Å². The molecule has 1 aliphatic carbocycles. The summed E-state index contributed by atoms with van der Waals surface area (Å²) in [5, 5.41) is 16.3. The van der Waals surface area contributed by atoms with Gasteiger partial charge in [0.15, 0.2) is 11.5 Å². The highest BCUT2D eigenvalue weighted by Crippen LogP contribution is 2.32. The van der Waals surface area contributed by atoms with Gasteiger partial charge in [-0.05, 0) is 19.3 Å². The molecule has 0 bridgehead atoms. The molecule has 2 aromatic rings. The van der Waals surface area contributed by atoms with Gasteiger partial charge in [0.05, 0.1) is 0 Å². The van der Waals surface area contributed by atoms with E-state index in [1.54, 1.807) is 0 Å². The Morgan fingerprint density at radius 1 is 1.25 bits per heavy atom. The van der Waals surface area contributed by atoms with Gasteiger partial charge in [-0.1, -0.05) is 24.4 Å². The number of rotatable bonds is 5. The van der Waals surface area contributed by atoms with Crippen LogP contribution < -0.4 is 0 Å². The van der Waals surface area contributed by atoms with Crippen molar-refractivity contribution in [2.24, 2.45) is 0 Å². The van der Waals surface area contributed by atoms with Crippen molar-refractivity contribution in [2.75, 3.05) is 6.61 Å². The molecular formula is C15H19F3N4O2. The van der Waals surface area contributed by atoms with Crippen molar-refractivity contribution in [3.05, 3.63) is 29.2 Å². The molecule has 3 rings (SSSR count). The molecule has 2 heterocycles. The predicted molar refractivity (Wildman–Crippen MR) is 77.2 cm³/mol. The van der Waals surface area contributed by atoms with Crippen molar-refractivity contribution >= 4 is 0 Å². The molecule has 1 N–H and O–H groups in total. The second-order valence-electron chi connectivity index (χ2n) is 6.06. The third-order valence-corrected chi connectivity index (χ3v) is 4.23. The zero-order chi connectivity index (χ0) is 17.2. The summed E-state index contributed by atoms with van der Waals surface area (Å²) in [6.07, 6.45) is 2.08. The van der Waals surface area contributed by atoms with E-state index in [0.717, 1.165) is 30.4 Å². The molecule has 132 valence electrons. The Labute approximate surface area is 136 Å². The summed E-state index contributed by atoms with van der Waals surface area (Å²) in [6.45, 7) is -0.368. The van der Waals surface area contributed by atoms with E-state index in [4.69, 9.17) is 9.63 Å². The van der Waals surface area contributed by atoms with E-state index in [9.17, 15) is 13.2 Å². The number of aromatic nitrogens is 4. The van der Waals surface area contributed by atoms with Crippen LogP contribution in [0, 0.1) is 0 Å². The lowest BCUT2D eigenvalue weighted by molar-refractivity contribution is -0.142.